The molecule has 1 aromatic carbocycles. The summed E-state index contributed by atoms with van der Waals surface area (Å²) in [7, 11) is 2.10. The second-order valence-corrected chi connectivity index (χ2v) is 5.14. The van der Waals surface area contributed by atoms with Crippen molar-refractivity contribution in [1.82, 2.24) is 10.2 Å². The van der Waals surface area contributed by atoms with Gasteiger partial charge in [-0.1, -0.05) is 11.6 Å². The van der Waals surface area contributed by atoms with Gasteiger partial charge in [-0.15, -0.1) is 0 Å². The highest BCUT2D eigenvalue weighted by Gasteiger charge is 2.20. The third kappa shape index (κ3) is 2.97. The molecule has 94 valence electrons. The van der Waals surface area contributed by atoms with E-state index in [9.17, 15) is 4.39 Å². The van der Waals surface area contributed by atoms with Gasteiger partial charge in [0.25, 0.3) is 0 Å². The van der Waals surface area contributed by atoms with Gasteiger partial charge in [0.15, 0.2) is 0 Å². The fraction of sp³-hybridized carbons (Fsp3) is 0.538. The smallest absolute Gasteiger partial charge is 0.126 e. The Kier molecular flexibility index (Phi) is 4.02. The third-order valence-electron chi connectivity index (χ3n) is 3.43. The van der Waals surface area contributed by atoms with E-state index >= 15 is 0 Å². The predicted octanol–water partition coefficient (Wildman–Crippen LogP) is 2.23. The number of nitrogens with one attached hydrogen (secondary N) is 1. The van der Waals surface area contributed by atoms with Crippen LogP contribution in [0.4, 0.5) is 4.39 Å². The van der Waals surface area contributed by atoms with E-state index in [0.29, 0.717) is 16.6 Å². The zero-order valence-electron chi connectivity index (χ0n) is 10.3. The highest BCUT2D eigenvalue weighted by Crippen LogP contribution is 2.22. The summed E-state index contributed by atoms with van der Waals surface area (Å²) in [6, 6.07) is 3.67. The van der Waals surface area contributed by atoms with Crippen LogP contribution >= 0.6 is 11.6 Å². The predicted molar refractivity (Wildman–Crippen MR) is 69.1 cm³/mol. The van der Waals surface area contributed by atoms with E-state index in [4.69, 9.17) is 11.6 Å². The summed E-state index contributed by atoms with van der Waals surface area (Å²) in [4.78, 5) is 2.30. The first-order valence-electron chi connectivity index (χ1n) is 5.93. The van der Waals surface area contributed by atoms with Gasteiger partial charge in [0, 0.05) is 30.7 Å². The van der Waals surface area contributed by atoms with Crippen LogP contribution in [0, 0.1) is 12.7 Å². The van der Waals surface area contributed by atoms with E-state index in [0.717, 1.165) is 31.6 Å². The number of aryl methyl sites for hydroxylation is 1. The summed E-state index contributed by atoms with van der Waals surface area (Å²) in [5.41, 5.74) is 1.50. The maximum absolute atomic E-state index is 13.5. The fourth-order valence-electron chi connectivity index (χ4n) is 2.19. The van der Waals surface area contributed by atoms with Gasteiger partial charge in [0.2, 0.25) is 0 Å². The van der Waals surface area contributed by atoms with Crippen molar-refractivity contribution in [3.63, 3.8) is 0 Å². The van der Waals surface area contributed by atoms with Crippen molar-refractivity contribution in [3.8, 4) is 0 Å². The maximum Gasteiger partial charge on any atom is 0.126 e. The highest BCUT2D eigenvalue weighted by molar-refractivity contribution is 6.31. The number of hydrogen-bond donors (Lipinski definition) is 1. The molecule has 4 heteroatoms. The average molecular weight is 257 g/mol. The van der Waals surface area contributed by atoms with Crippen molar-refractivity contribution in [1.29, 1.82) is 0 Å². The summed E-state index contributed by atoms with van der Waals surface area (Å²) in [6.07, 6.45) is 0.791. The second-order valence-electron chi connectivity index (χ2n) is 4.74. The molecule has 1 aromatic rings. The second kappa shape index (κ2) is 5.34. The Morgan fingerprint density at radius 2 is 2.29 bits per heavy atom. The number of rotatable bonds is 2. The lowest BCUT2D eigenvalue weighted by atomic mass is 10.0. The number of benzene rings is 1. The van der Waals surface area contributed by atoms with Crippen LogP contribution in [0.5, 0.6) is 0 Å². The molecule has 1 atom stereocenters. The minimum Gasteiger partial charge on any atom is -0.314 e. The third-order valence-corrected chi connectivity index (χ3v) is 3.78. The lowest BCUT2D eigenvalue weighted by molar-refractivity contribution is 0.199. The van der Waals surface area contributed by atoms with Crippen LogP contribution in [0.25, 0.3) is 0 Å². The highest BCUT2D eigenvalue weighted by atomic mass is 35.5. The first kappa shape index (κ1) is 12.8. The van der Waals surface area contributed by atoms with E-state index in [-0.39, 0.29) is 5.82 Å². The number of piperazine rings is 1. The van der Waals surface area contributed by atoms with Gasteiger partial charge in [-0.3, -0.25) is 0 Å². The monoisotopic (exact) mass is 256 g/mol. The molecule has 17 heavy (non-hydrogen) atoms. The minimum absolute atomic E-state index is 0.171. The zero-order valence-corrected chi connectivity index (χ0v) is 11.0. The first-order valence-corrected chi connectivity index (χ1v) is 6.31. The fourth-order valence-corrected chi connectivity index (χ4v) is 2.48. The Morgan fingerprint density at radius 3 is 3.00 bits per heavy atom. The Hall–Kier alpha value is -0.640. The lowest BCUT2D eigenvalue weighted by Gasteiger charge is -2.33. The van der Waals surface area contributed by atoms with Crippen LogP contribution in [0.15, 0.2) is 12.1 Å². The summed E-state index contributed by atoms with van der Waals surface area (Å²) in [5.74, 6) is -0.171. The quantitative estimate of drug-likeness (QED) is 0.873. The molecule has 1 aliphatic rings. The van der Waals surface area contributed by atoms with Crippen molar-refractivity contribution < 1.29 is 4.39 Å². The average Bonchev–Trinajstić information content (AvgIpc) is 2.29. The van der Waals surface area contributed by atoms with E-state index in [1.807, 2.05) is 0 Å². The molecule has 1 heterocycles. The molecule has 2 nitrogen and oxygen atoms in total. The Labute approximate surface area is 107 Å². The zero-order chi connectivity index (χ0) is 12.4. The number of halogens is 2. The standard InChI is InChI=1S/C13H18ClFN2/c1-9-5-12(14)10(7-13(9)15)6-11-8-16-3-4-17(11)2/h5,7,11,16H,3-4,6,8H2,1-2H3. The van der Waals surface area contributed by atoms with Crippen molar-refractivity contribution >= 4 is 11.6 Å². The largest absolute Gasteiger partial charge is 0.314 e. The van der Waals surface area contributed by atoms with Gasteiger partial charge in [0.05, 0.1) is 0 Å². The van der Waals surface area contributed by atoms with Gasteiger partial charge >= 0.3 is 0 Å². The van der Waals surface area contributed by atoms with Crippen molar-refractivity contribution in [2.75, 3.05) is 26.7 Å². The van der Waals surface area contributed by atoms with Crippen LogP contribution in [-0.2, 0) is 6.42 Å². The van der Waals surface area contributed by atoms with Crippen molar-refractivity contribution in [2.45, 2.75) is 19.4 Å². The summed E-state index contributed by atoms with van der Waals surface area (Å²) in [6.45, 7) is 4.71. The molecule has 1 fully saturated rings. The number of hydrogen-bond acceptors (Lipinski definition) is 2. The van der Waals surface area contributed by atoms with Gasteiger partial charge in [0.1, 0.15) is 5.82 Å². The van der Waals surface area contributed by atoms with Crippen LogP contribution in [0.2, 0.25) is 5.02 Å². The molecular formula is C13H18ClFN2. The molecule has 0 aliphatic carbocycles. The van der Waals surface area contributed by atoms with Crippen LogP contribution < -0.4 is 5.32 Å². The van der Waals surface area contributed by atoms with E-state index in [1.54, 1.807) is 19.1 Å². The summed E-state index contributed by atoms with van der Waals surface area (Å²) < 4.78 is 13.5. The Balaban J connectivity index is 2.15. The number of likely N-dealkylation sites (N-methyl/N-ethyl adjacent to an activating group) is 1. The molecule has 0 bridgehead atoms. The lowest BCUT2D eigenvalue weighted by Crippen LogP contribution is -2.50. The Morgan fingerprint density at radius 1 is 1.53 bits per heavy atom. The van der Waals surface area contributed by atoms with E-state index in [2.05, 4.69) is 17.3 Å². The van der Waals surface area contributed by atoms with Crippen LogP contribution in [0.1, 0.15) is 11.1 Å². The molecule has 1 unspecified atom stereocenters. The molecule has 0 saturated carbocycles. The number of nitrogens with zero attached hydrogens (tertiary/aromatic N) is 1. The molecule has 1 N–H and O–H groups in total. The van der Waals surface area contributed by atoms with Crippen LogP contribution in [-0.4, -0.2) is 37.6 Å². The molecule has 2 rings (SSSR count). The summed E-state index contributed by atoms with van der Waals surface area (Å²) >= 11 is 6.16. The molecule has 0 aromatic heterocycles. The van der Waals surface area contributed by atoms with Gasteiger partial charge in [-0.2, -0.15) is 0 Å². The molecule has 1 saturated heterocycles. The molecule has 1 aliphatic heterocycles. The van der Waals surface area contributed by atoms with Gasteiger partial charge in [-0.05, 0) is 43.7 Å². The molecular weight excluding hydrogens is 239 g/mol. The summed E-state index contributed by atoms with van der Waals surface area (Å²) in [5, 5.41) is 4.02. The van der Waals surface area contributed by atoms with Crippen molar-refractivity contribution in [3.05, 3.63) is 34.1 Å². The first-order chi connectivity index (χ1) is 8.08. The molecule has 0 radical (unpaired) electrons. The Bertz CT molecular complexity index is 409. The van der Waals surface area contributed by atoms with Gasteiger partial charge in [-0.25, -0.2) is 4.39 Å². The van der Waals surface area contributed by atoms with E-state index in [1.165, 1.54) is 0 Å². The van der Waals surface area contributed by atoms with Gasteiger partial charge < -0.3 is 10.2 Å². The molecule has 0 spiro atoms. The topological polar surface area (TPSA) is 15.3 Å². The normalized spacial score (nSPS) is 21.8. The molecule has 0 amide bonds. The van der Waals surface area contributed by atoms with Crippen molar-refractivity contribution in [2.24, 2.45) is 0 Å². The SMILES string of the molecule is Cc1cc(Cl)c(CC2CNCCN2C)cc1F. The van der Waals surface area contributed by atoms with E-state index < -0.39 is 0 Å². The maximum atomic E-state index is 13.5. The van der Waals surface area contributed by atoms with Crippen LogP contribution in [0.3, 0.4) is 0 Å². The minimum atomic E-state index is -0.171.